The standard InChI is InChI=1S/C10H17N5O4S/c1-20(18,19)12-9-3-2-6-13(7-9)8-14-10(15(16)17)4-5-11-14/h4-5,9,12H,2-3,6-8H2,1H3. The average Bonchev–Trinajstić information content (AvgIpc) is 2.75. The smallest absolute Gasteiger partial charge is 0.346 e. The number of nitro groups is 1. The number of sulfonamides is 1. The minimum atomic E-state index is -3.24. The Kier molecular flexibility index (Phi) is 4.35. The van der Waals surface area contributed by atoms with Gasteiger partial charge in [-0.25, -0.2) is 13.1 Å². The third kappa shape index (κ3) is 3.99. The van der Waals surface area contributed by atoms with Crippen LogP contribution in [0.5, 0.6) is 0 Å². The molecule has 2 heterocycles. The molecule has 1 N–H and O–H groups in total. The van der Waals surface area contributed by atoms with Gasteiger partial charge in [-0.1, -0.05) is 5.10 Å². The van der Waals surface area contributed by atoms with Gasteiger partial charge in [0, 0.05) is 19.1 Å². The zero-order valence-electron chi connectivity index (χ0n) is 11.1. The van der Waals surface area contributed by atoms with Crippen molar-refractivity contribution in [3.05, 3.63) is 22.4 Å². The van der Waals surface area contributed by atoms with Gasteiger partial charge in [0.15, 0.2) is 6.67 Å². The Hall–Kier alpha value is -1.52. The number of nitrogens with one attached hydrogen (secondary N) is 1. The summed E-state index contributed by atoms with van der Waals surface area (Å²) in [4.78, 5) is 12.3. The lowest BCUT2D eigenvalue weighted by atomic mass is 10.1. The number of aromatic nitrogens is 2. The highest BCUT2D eigenvalue weighted by Gasteiger charge is 2.25. The van der Waals surface area contributed by atoms with Gasteiger partial charge >= 0.3 is 5.82 Å². The summed E-state index contributed by atoms with van der Waals surface area (Å²) in [5.41, 5.74) is 0. The molecule has 9 nitrogen and oxygen atoms in total. The van der Waals surface area contributed by atoms with Crippen LogP contribution in [-0.2, 0) is 16.7 Å². The Balaban J connectivity index is 1.99. The molecule has 1 aliphatic heterocycles. The Morgan fingerprint density at radius 2 is 2.35 bits per heavy atom. The number of likely N-dealkylation sites (tertiary alicyclic amines) is 1. The molecule has 1 aromatic rings. The van der Waals surface area contributed by atoms with E-state index in [0.29, 0.717) is 6.54 Å². The first-order chi connectivity index (χ1) is 9.35. The second-order valence-electron chi connectivity index (χ2n) is 4.89. The van der Waals surface area contributed by atoms with E-state index in [1.54, 1.807) is 0 Å². The number of rotatable bonds is 5. The van der Waals surface area contributed by atoms with Crippen molar-refractivity contribution in [3.63, 3.8) is 0 Å². The van der Waals surface area contributed by atoms with Crippen molar-refractivity contribution < 1.29 is 13.3 Å². The molecule has 0 radical (unpaired) electrons. The molecule has 1 aromatic heterocycles. The lowest BCUT2D eigenvalue weighted by Gasteiger charge is -2.31. The van der Waals surface area contributed by atoms with Crippen LogP contribution < -0.4 is 4.72 Å². The van der Waals surface area contributed by atoms with E-state index in [1.165, 1.54) is 16.9 Å². The van der Waals surface area contributed by atoms with E-state index >= 15 is 0 Å². The van der Waals surface area contributed by atoms with Crippen molar-refractivity contribution in [1.82, 2.24) is 19.4 Å². The zero-order chi connectivity index (χ0) is 14.8. The van der Waals surface area contributed by atoms with Gasteiger partial charge in [0.25, 0.3) is 0 Å². The molecular weight excluding hydrogens is 286 g/mol. The van der Waals surface area contributed by atoms with Crippen molar-refractivity contribution in [3.8, 4) is 0 Å². The topological polar surface area (TPSA) is 110 Å². The predicted molar refractivity (Wildman–Crippen MR) is 71.5 cm³/mol. The van der Waals surface area contributed by atoms with Crippen LogP contribution in [-0.4, -0.2) is 53.4 Å². The van der Waals surface area contributed by atoms with Gasteiger partial charge in [0.1, 0.15) is 0 Å². The summed E-state index contributed by atoms with van der Waals surface area (Å²) >= 11 is 0. The highest BCUT2D eigenvalue weighted by molar-refractivity contribution is 7.88. The molecule has 112 valence electrons. The number of hydrogen-bond acceptors (Lipinski definition) is 6. The molecular formula is C10H17N5O4S. The van der Waals surface area contributed by atoms with E-state index in [0.717, 1.165) is 25.6 Å². The largest absolute Gasteiger partial charge is 0.358 e. The summed E-state index contributed by atoms with van der Waals surface area (Å²) in [6.07, 6.45) is 4.12. The van der Waals surface area contributed by atoms with E-state index in [4.69, 9.17) is 0 Å². The minimum absolute atomic E-state index is 0.0665. The highest BCUT2D eigenvalue weighted by Crippen LogP contribution is 2.15. The molecule has 1 atom stereocenters. The van der Waals surface area contributed by atoms with Gasteiger partial charge in [-0.3, -0.25) is 4.90 Å². The maximum atomic E-state index is 11.2. The highest BCUT2D eigenvalue weighted by atomic mass is 32.2. The molecule has 1 unspecified atom stereocenters. The van der Waals surface area contributed by atoms with E-state index in [2.05, 4.69) is 9.82 Å². The average molecular weight is 303 g/mol. The maximum absolute atomic E-state index is 11.2. The third-order valence-electron chi connectivity index (χ3n) is 3.10. The van der Waals surface area contributed by atoms with Crippen molar-refractivity contribution >= 4 is 15.8 Å². The molecule has 0 aliphatic carbocycles. The second kappa shape index (κ2) is 5.85. The van der Waals surface area contributed by atoms with Gasteiger partial charge in [-0.2, -0.15) is 0 Å². The Labute approximate surface area is 116 Å². The van der Waals surface area contributed by atoms with Crippen molar-refractivity contribution in [2.45, 2.75) is 25.6 Å². The molecule has 2 rings (SSSR count). The summed E-state index contributed by atoms with van der Waals surface area (Å²) in [6.45, 7) is 1.56. The van der Waals surface area contributed by atoms with E-state index in [-0.39, 0.29) is 18.5 Å². The number of nitrogens with zero attached hydrogens (tertiary/aromatic N) is 4. The summed E-state index contributed by atoms with van der Waals surface area (Å²) in [5, 5.41) is 14.7. The lowest BCUT2D eigenvalue weighted by Crippen LogP contribution is -2.47. The Bertz CT molecular complexity index is 584. The summed E-state index contributed by atoms with van der Waals surface area (Å²) in [5.74, 6) is -0.0665. The predicted octanol–water partition coefficient (Wildman–Crippen LogP) is -0.238. The van der Waals surface area contributed by atoms with Crippen LogP contribution in [0, 0.1) is 10.1 Å². The van der Waals surface area contributed by atoms with Crippen LogP contribution in [0.15, 0.2) is 12.3 Å². The summed E-state index contributed by atoms with van der Waals surface area (Å²) < 4.78 is 26.3. The lowest BCUT2D eigenvalue weighted by molar-refractivity contribution is -0.393. The first-order valence-corrected chi connectivity index (χ1v) is 8.10. The first-order valence-electron chi connectivity index (χ1n) is 6.21. The number of hydrogen-bond donors (Lipinski definition) is 1. The van der Waals surface area contributed by atoms with Crippen LogP contribution in [0.1, 0.15) is 12.8 Å². The van der Waals surface area contributed by atoms with Crippen LogP contribution in [0.4, 0.5) is 5.82 Å². The second-order valence-corrected chi connectivity index (χ2v) is 6.67. The summed E-state index contributed by atoms with van der Waals surface area (Å²) in [7, 11) is -3.24. The van der Waals surface area contributed by atoms with Crippen molar-refractivity contribution in [1.29, 1.82) is 0 Å². The van der Waals surface area contributed by atoms with Gasteiger partial charge in [-0.15, -0.1) is 4.68 Å². The molecule has 0 spiro atoms. The molecule has 0 aromatic carbocycles. The SMILES string of the molecule is CS(=O)(=O)NC1CCCN(Cn2nccc2[N+](=O)[O-])C1. The summed E-state index contributed by atoms with van der Waals surface area (Å²) in [6, 6.07) is 1.18. The fraction of sp³-hybridized carbons (Fsp3) is 0.700. The molecule has 0 amide bonds. The third-order valence-corrected chi connectivity index (χ3v) is 3.86. The van der Waals surface area contributed by atoms with Gasteiger partial charge in [-0.05, 0) is 17.8 Å². The molecule has 1 aliphatic rings. The molecule has 10 heteroatoms. The molecule has 20 heavy (non-hydrogen) atoms. The number of piperidine rings is 1. The first kappa shape index (κ1) is 14.9. The van der Waals surface area contributed by atoms with Gasteiger partial charge < -0.3 is 10.1 Å². The van der Waals surface area contributed by atoms with Crippen molar-refractivity contribution in [2.24, 2.45) is 0 Å². The molecule has 0 saturated carbocycles. The minimum Gasteiger partial charge on any atom is -0.358 e. The van der Waals surface area contributed by atoms with Crippen LogP contribution >= 0.6 is 0 Å². The maximum Gasteiger partial charge on any atom is 0.346 e. The van der Waals surface area contributed by atoms with Gasteiger partial charge in [0.2, 0.25) is 10.0 Å². The zero-order valence-corrected chi connectivity index (χ0v) is 11.9. The van der Waals surface area contributed by atoms with Crippen molar-refractivity contribution in [2.75, 3.05) is 19.3 Å². The molecule has 1 fully saturated rings. The van der Waals surface area contributed by atoms with Crippen LogP contribution in [0.3, 0.4) is 0 Å². The Morgan fingerprint density at radius 3 is 3.00 bits per heavy atom. The quantitative estimate of drug-likeness (QED) is 0.594. The monoisotopic (exact) mass is 303 g/mol. The Morgan fingerprint density at radius 1 is 1.60 bits per heavy atom. The van der Waals surface area contributed by atoms with Crippen LogP contribution in [0.25, 0.3) is 0 Å². The van der Waals surface area contributed by atoms with Gasteiger partial charge in [0.05, 0.1) is 18.5 Å². The molecule has 0 bridgehead atoms. The normalized spacial score (nSPS) is 20.9. The van der Waals surface area contributed by atoms with E-state index in [1.807, 2.05) is 4.90 Å². The van der Waals surface area contributed by atoms with E-state index in [9.17, 15) is 18.5 Å². The van der Waals surface area contributed by atoms with E-state index < -0.39 is 14.9 Å². The fourth-order valence-corrected chi connectivity index (χ4v) is 3.16. The molecule has 1 saturated heterocycles. The van der Waals surface area contributed by atoms with Crippen LogP contribution in [0.2, 0.25) is 0 Å². The fourth-order valence-electron chi connectivity index (χ4n) is 2.36.